The summed E-state index contributed by atoms with van der Waals surface area (Å²) in [5.74, 6) is -3.63. The molecule has 4 rings (SSSR count). The van der Waals surface area contributed by atoms with Gasteiger partial charge in [-0.05, 0) is 39.8 Å². The minimum atomic E-state index is -2.44. The van der Waals surface area contributed by atoms with Crippen LogP contribution in [0.4, 0.5) is 0 Å². The number of carbonyl (C=O) groups is 1. The molecule has 0 amide bonds. The van der Waals surface area contributed by atoms with Gasteiger partial charge in [0.2, 0.25) is 12.1 Å². The fraction of sp³-hybridized carbons (Fsp3) is 0.686. The largest absolute Gasteiger partial charge is 0.461 e. The Hall–Kier alpha value is -2.71. The van der Waals surface area contributed by atoms with Crippen LogP contribution in [0.5, 0.6) is 5.75 Å². The second-order valence-corrected chi connectivity index (χ2v) is 14.7. The number of hydrogen-bond acceptors (Lipinski definition) is 20. The number of esters is 1. The lowest BCUT2D eigenvalue weighted by Crippen LogP contribution is -2.62. The molecule has 0 aromatic heterocycles. The molecular formula is C35H52O20. The number of rotatable bonds is 14. The van der Waals surface area contributed by atoms with Gasteiger partial charge in [0.1, 0.15) is 86.1 Å². The van der Waals surface area contributed by atoms with Gasteiger partial charge in [0.05, 0.1) is 30.0 Å². The van der Waals surface area contributed by atoms with Gasteiger partial charge in [-0.2, -0.15) is 0 Å². The molecule has 0 aliphatic carbocycles. The predicted octanol–water partition coefficient (Wildman–Crippen LogP) is -4.78. The Bertz CT molecular complexity index is 1460. The van der Waals surface area contributed by atoms with Crippen LogP contribution in [0.3, 0.4) is 0 Å². The zero-order valence-corrected chi connectivity index (χ0v) is 30.5. The first-order chi connectivity index (χ1) is 25.6. The van der Waals surface area contributed by atoms with E-state index in [1.165, 1.54) is 64.1 Å². The van der Waals surface area contributed by atoms with Crippen molar-refractivity contribution in [1.82, 2.24) is 0 Å². The van der Waals surface area contributed by atoms with Crippen LogP contribution in [0.15, 0.2) is 24.3 Å². The molecule has 312 valence electrons. The first-order valence-electron chi connectivity index (χ1n) is 17.3. The van der Waals surface area contributed by atoms with E-state index in [2.05, 4.69) is 0 Å². The summed E-state index contributed by atoms with van der Waals surface area (Å²) in [4.78, 5) is 13.6. The summed E-state index contributed by atoms with van der Waals surface area (Å²) in [7, 11) is 0. The molecule has 20 heteroatoms. The van der Waals surface area contributed by atoms with Crippen molar-refractivity contribution in [3.8, 4) is 5.75 Å². The highest BCUT2D eigenvalue weighted by atomic mass is 16.8. The molecule has 0 bridgehead atoms. The van der Waals surface area contributed by atoms with Gasteiger partial charge in [0.15, 0.2) is 6.29 Å². The van der Waals surface area contributed by atoms with E-state index < -0.39 is 129 Å². The number of carbonyl (C=O) groups excluding carboxylic acids is 1. The topological polar surface area (TPSA) is 335 Å². The van der Waals surface area contributed by atoms with Crippen molar-refractivity contribution in [3.05, 3.63) is 41.0 Å². The first-order valence-corrected chi connectivity index (χ1v) is 17.3. The summed E-state index contributed by atoms with van der Waals surface area (Å²) >= 11 is 0. The Kier molecular flexibility index (Phi) is 14.6. The number of aliphatic hydroxyl groups is 13. The third-order valence-electron chi connectivity index (χ3n) is 9.08. The molecule has 1 aromatic carbocycles. The van der Waals surface area contributed by atoms with E-state index >= 15 is 0 Å². The molecule has 3 fully saturated rings. The minimum absolute atomic E-state index is 0.0534. The molecule has 0 saturated carbocycles. The molecule has 0 unspecified atom stereocenters. The van der Waals surface area contributed by atoms with E-state index in [9.17, 15) is 71.2 Å². The first kappa shape index (κ1) is 45.0. The van der Waals surface area contributed by atoms with Crippen LogP contribution in [-0.2, 0) is 23.7 Å². The van der Waals surface area contributed by atoms with Crippen LogP contribution in [-0.4, -0.2) is 195 Å². The Morgan fingerprint density at radius 3 is 1.67 bits per heavy atom. The number of hydrogen-bond donors (Lipinski definition) is 13. The molecule has 3 saturated heterocycles. The van der Waals surface area contributed by atoms with Crippen molar-refractivity contribution in [2.45, 2.75) is 124 Å². The molecule has 13 N–H and O–H groups in total. The Morgan fingerprint density at radius 2 is 1.20 bits per heavy atom. The second kappa shape index (κ2) is 17.8. The fourth-order valence-electron chi connectivity index (χ4n) is 5.90. The van der Waals surface area contributed by atoms with Crippen LogP contribution >= 0.6 is 0 Å². The van der Waals surface area contributed by atoms with Gasteiger partial charge in [0.25, 0.3) is 0 Å². The standard InChI is InChI=1S/C35H52O20/c1-33(2,48)7-5-15-9-17(10-16(6-8-34(3,4)49)28(15)53-31-26(44)24(42)21(39)18(11-36)51-31)30(47)50-13-20-22(40)25(43)27(45)32(52-20)55-35(14-38)29(46)23(41)19(12-37)54-35/h5-10,18-27,29,31-32,36-46,48-49H,11-14H2,1-4H3/b7-5+,8-6+/t18-,19-,20-,21-,22-,23-,24+,25+,26-,27-,29+,31+,32-,35+/m1/s1. The summed E-state index contributed by atoms with van der Waals surface area (Å²) in [6.45, 7) is 2.33. The second-order valence-electron chi connectivity index (χ2n) is 14.7. The normalized spacial score (nSPS) is 37.5. The number of aliphatic hydroxyl groups excluding tert-OH is 11. The van der Waals surface area contributed by atoms with Crippen molar-refractivity contribution >= 4 is 18.1 Å². The van der Waals surface area contributed by atoms with Crippen molar-refractivity contribution < 1.29 is 99.6 Å². The van der Waals surface area contributed by atoms with E-state index in [1.54, 1.807) is 0 Å². The summed E-state index contributed by atoms with van der Waals surface area (Å²) in [5.41, 5.74) is -2.92. The van der Waals surface area contributed by atoms with Crippen molar-refractivity contribution in [1.29, 1.82) is 0 Å². The van der Waals surface area contributed by atoms with Gasteiger partial charge in [-0.1, -0.05) is 24.3 Å². The van der Waals surface area contributed by atoms with Crippen LogP contribution in [0.25, 0.3) is 12.2 Å². The summed E-state index contributed by atoms with van der Waals surface area (Å²) < 4.78 is 33.3. The van der Waals surface area contributed by atoms with Gasteiger partial charge in [-0.25, -0.2) is 4.79 Å². The molecule has 0 spiro atoms. The maximum Gasteiger partial charge on any atom is 0.338 e. The highest BCUT2D eigenvalue weighted by molar-refractivity contribution is 5.92. The Labute approximate surface area is 315 Å². The smallest absolute Gasteiger partial charge is 0.338 e. The van der Waals surface area contributed by atoms with Crippen LogP contribution in [0, 0.1) is 0 Å². The maximum absolute atomic E-state index is 13.6. The third-order valence-corrected chi connectivity index (χ3v) is 9.08. The van der Waals surface area contributed by atoms with Crippen molar-refractivity contribution in [2.24, 2.45) is 0 Å². The average Bonchev–Trinajstić information content (AvgIpc) is 3.37. The average molecular weight is 793 g/mol. The van der Waals surface area contributed by atoms with Gasteiger partial charge < -0.3 is 94.8 Å². The fourth-order valence-corrected chi connectivity index (χ4v) is 5.90. The highest BCUT2D eigenvalue weighted by Crippen LogP contribution is 2.37. The molecule has 1 aromatic rings. The highest BCUT2D eigenvalue weighted by Gasteiger charge is 2.58. The maximum atomic E-state index is 13.6. The lowest BCUT2D eigenvalue weighted by molar-refractivity contribution is -0.383. The van der Waals surface area contributed by atoms with Gasteiger partial charge in [-0.3, -0.25) is 0 Å². The Morgan fingerprint density at radius 1 is 0.709 bits per heavy atom. The van der Waals surface area contributed by atoms with E-state index in [0.717, 1.165) is 0 Å². The van der Waals surface area contributed by atoms with Gasteiger partial charge in [-0.15, -0.1) is 0 Å². The molecule has 3 aliphatic heterocycles. The van der Waals surface area contributed by atoms with E-state index in [0.29, 0.717) is 0 Å². The number of ether oxygens (including phenoxy) is 6. The SMILES string of the molecule is CC(C)(O)/C=C/c1cc(C(=O)OC[C@H]2O[C@H](O[C@]3(CO)O[C@H](CO)[C@@H](O)[C@@H]3O)[C@H](O)[C@@H](O)[C@@H]2O)cc(/C=C/C(C)(C)O)c1O[C@@H]1O[C@H](CO)[C@@H](O)[C@H](O)[C@H]1O. The van der Waals surface area contributed by atoms with Crippen molar-refractivity contribution in [2.75, 3.05) is 26.4 Å². The molecule has 20 nitrogen and oxygen atoms in total. The van der Waals surface area contributed by atoms with Crippen LogP contribution in [0.1, 0.15) is 49.2 Å². The molecule has 3 aliphatic rings. The monoisotopic (exact) mass is 792 g/mol. The summed E-state index contributed by atoms with van der Waals surface area (Å²) in [6, 6.07) is 2.47. The zero-order valence-electron chi connectivity index (χ0n) is 30.5. The molecular weight excluding hydrogens is 740 g/mol. The minimum Gasteiger partial charge on any atom is -0.461 e. The predicted molar refractivity (Wildman–Crippen MR) is 183 cm³/mol. The van der Waals surface area contributed by atoms with E-state index in [-0.39, 0.29) is 22.4 Å². The molecule has 14 atom stereocenters. The Balaban J connectivity index is 1.65. The molecule has 55 heavy (non-hydrogen) atoms. The molecule has 3 heterocycles. The summed E-state index contributed by atoms with van der Waals surface area (Å²) in [6.07, 6.45) is -17.6. The van der Waals surface area contributed by atoms with Crippen LogP contribution in [0.2, 0.25) is 0 Å². The lowest BCUT2D eigenvalue weighted by Gasteiger charge is -2.43. The third kappa shape index (κ3) is 10.4. The van der Waals surface area contributed by atoms with Gasteiger partial charge in [0, 0.05) is 11.1 Å². The van der Waals surface area contributed by atoms with Crippen molar-refractivity contribution in [3.63, 3.8) is 0 Å². The van der Waals surface area contributed by atoms with Gasteiger partial charge >= 0.3 is 5.97 Å². The van der Waals surface area contributed by atoms with Crippen LogP contribution < -0.4 is 4.74 Å². The molecule has 0 radical (unpaired) electrons. The zero-order chi connectivity index (χ0) is 41.2. The number of benzene rings is 1. The lowest BCUT2D eigenvalue weighted by atomic mass is 9.97. The quantitative estimate of drug-likeness (QED) is 0.0786. The van der Waals surface area contributed by atoms with E-state index in [1.807, 2.05) is 0 Å². The van der Waals surface area contributed by atoms with E-state index in [4.69, 9.17) is 28.4 Å². The summed E-state index contributed by atoms with van der Waals surface area (Å²) in [5, 5.41) is 134.